The molecule has 1 atom stereocenters. The Hall–Kier alpha value is -1.29. The predicted octanol–water partition coefficient (Wildman–Crippen LogP) is 0.743. The maximum atomic E-state index is 5.39. The van der Waals surface area contributed by atoms with Crippen LogP contribution in [0.5, 0.6) is 11.8 Å². The summed E-state index contributed by atoms with van der Waals surface area (Å²) in [4.78, 5) is 4.19. The fourth-order valence-corrected chi connectivity index (χ4v) is 1.42. The largest absolute Gasteiger partial charge is 0.481 e. The highest BCUT2D eigenvalue weighted by Gasteiger charge is 2.24. The minimum atomic E-state index is 0.258. The molecular formula is C9H12N2O2. The molecule has 1 N–H and O–H groups in total. The number of ether oxygens (including phenoxy) is 2. The normalized spacial score (nSPS) is 19.4. The average Bonchev–Trinajstić information content (AvgIpc) is 2.59. The molecule has 1 aliphatic heterocycles. The highest BCUT2D eigenvalue weighted by molar-refractivity contribution is 5.36. The molecule has 0 fully saturated rings. The maximum Gasteiger partial charge on any atom is 0.221 e. The average molecular weight is 180 g/mol. The molecule has 1 aromatic heterocycles. The standard InChI is InChI=1S/C9H12N2O2/c1-10-7-5-13-9-6(7)3-4-8(11-9)12-2/h3-4,7,10H,5H2,1-2H3. The quantitative estimate of drug-likeness (QED) is 0.729. The van der Waals surface area contributed by atoms with Crippen molar-refractivity contribution in [1.29, 1.82) is 0 Å². The van der Waals surface area contributed by atoms with Gasteiger partial charge in [-0.05, 0) is 13.1 Å². The monoisotopic (exact) mass is 180 g/mol. The molecule has 1 aliphatic rings. The van der Waals surface area contributed by atoms with Gasteiger partial charge in [0.25, 0.3) is 0 Å². The lowest BCUT2D eigenvalue weighted by Crippen LogP contribution is -2.17. The Balaban J connectivity index is 2.34. The molecule has 4 heteroatoms. The smallest absolute Gasteiger partial charge is 0.221 e. The Labute approximate surface area is 76.9 Å². The summed E-state index contributed by atoms with van der Waals surface area (Å²) in [7, 11) is 3.51. The van der Waals surface area contributed by atoms with Crippen LogP contribution in [0.4, 0.5) is 0 Å². The Kier molecular flexibility index (Phi) is 2.06. The second-order valence-corrected chi connectivity index (χ2v) is 2.90. The Morgan fingerprint density at radius 1 is 1.62 bits per heavy atom. The molecule has 0 radical (unpaired) electrons. The molecule has 0 aliphatic carbocycles. The molecule has 2 heterocycles. The van der Waals surface area contributed by atoms with Crippen molar-refractivity contribution in [3.63, 3.8) is 0 Å². The first-order chi connectivity index (χ1) is 6.35. The molecular weight excluding hydrogens is 168 g/mol. The summed E-state index contributed by atoms with van der Waals surface area (Å²) >= 11 is 0. The first-order valence-corrected chi connectivity index (χ1v) is 4.20. The van der Waals surface area contributed by atoms with Crippen LogP contribution in [-0.2, 0) is 0 Å². The second kappa shape index (κ2) is 3.22. The van der Waals surface area contributed by atoms with Gasteiger partial charge in [0.05, 0.1) is 13.2 Å². The third-order valence-corrected chi connectivity index (χ3v) is 2.18. The van der Waals surface area contributed by atoms with Gasteiger partial charge in [-0.15, -0.1) is 0 Å². The highest BCUT2D eigenvalue weighted by Crippen LogP contribution is 2.31. The molecule has 0 aromatic carbocycles. The van der Waals surface area contributed by atoms with E-state index in [1.165, 1.54) is 0 Å². The lowest BCUT2D eigenvalue weighted by molar-refractivity contribution is 0.304. The molecule has 1 unspecified atom stereocenters. The summed E-state index contributed by atoms with van der Waals surface area (Å²) in [5, 5.41) is 3.15. The summed E-state index contributed by atoms with van der Waals surface area (Å²) < 4.78 is 10.4. The summed E-state index contributed by atoms with van der Waals surface area (Å²) in [6.45, 7) is 0.645. The Bertz CT molecular complexity index is 314. The van der Waals surface area contributed by atoms with Gasteiger partial charge in [-0.1, -0.05) is 0 Å². The molecule has 0 spiro atoms. The third-order valence-electron chi connectivity index (χ3n) is 2.18. The predicted molar refractivity (Wildman–Crippen MR) is 48.1 cm³/mol. The number of nitrogens with zero attached hydrogens (tertiary/aromatic N) is 1. The van der Waals surface area contributed by atoms with Gasteiger partial charge < -0.3 is 14.8 Å². The lowest BCUT2D eigenvalue weighted by atomic mass is 10.1. The van der Waals surface area contributed by atoms with Crippen LogP contribution in [0.25, 0.3) is 0 Å². The minimum absolute atomic E-state index is 0.258. The van der Waals surface area contributed by atoms with Crippen molar-refractivity contribution in [2.24, 2.45) is 0 Å². The van der Waals surface area contributed by atoms with E-state index in [1.54, 1.807) is 7.11 Å². The zero-order chi connectivity index (χ0) is 9.26. The van der Waals surface area contributed by atoms with Crippen molar-refractivity contribution in [1.82, 2.24) is 10.3 Å². The van der Waals surface area contributed by atoms with Crippen LogP contribution >= 0.6 is 0 Å². The van der Waals surface area contributed by atoms with Gasteiger partial charge >= 0.3 is 0 Å². The molecule has 4 nitrogen and oxygen atoms in total. The van der Waals surface area contributed by atoms with Crippen LogP contribution in [0.15, 0.2) is 12.1 Å². The van der Waals surface area contributed by atoms with Crippen LogP contribution in [0.2, 0.25) is 0 Å². The van der Waals surface area contributed by atoms with Gasteiger partial charge in [0, 0.05) is 11.6 Å². The number of nitrogens with one attached hydrogen (secondary N) is 1. The highest BCUT2D eigenvalue weighted by atomic mass is 16.5. The van der Waals surface area contributed by atoms with Gasteiger partial charge in [0.15, 0.2) is 0 Å². The minimum Gasteiger partial charge on any atom is -0.481 e. The molecule has 70 valence electrons. The summed E-state index contributed by atoms with van der Waals surface area (Å²) in [5.74, 6) is 1.27. The van der Waals surface area contributed by atoms with Crippen LogP contribution in [0.1, 0.15) is 11.6 Å². The van der Waals surface area contributed by atoms with Gasteiger partial charge in [-0.25, -0.2) is 0 Å². The van der Waals surface area contributed by atoms with Crippen molar-refractivity contribution in [3.8, 4) is 11.8 Å². The van der Waals surface area contributed by atoms with E-state index >= 15 is 0 Å². The molecule has 2 rings (SSSR count). The van der Waals surface area contributed by atoms with Crippen LogP contribution < -0.4 is 14.8 Å². The molecule has 0 saturated carbocycles. The van der Waals surface area contributed by atoms with Gasteiger partial charge in [-0.3, -0.25) is 0 Å². The van der Waals surface area contributed by atoms with Crippen LogP contribution in [-0.4, -0.2) is 25.7 Å². The van der Waals surface area contributed by atoms with Crippen molar-refractivity contribution >= 4 is 0 Å². The summed E-state index contributed by atoms with van der Waals surface area (Å²) in [6.07, 6.45) is 0. The number of pyridine rings is 1. The topological polar surface area (TPSA) is 43.4 Å². The van der Waals surface area contributed by atoms with E-state index in [0.29, 0.717) is 18.4 Å². The molecule has 0 bridgehead atoms. The molecule has 0 amide bonds. The fourth-order valence-electron chi connectivity index (χ4n) is 1.42. The van der Waals surface area contributed by atoms with Gasteiger partial charge in [0.2, 0.25) is 11.8 Å². The molecule has 13 heavy (non-hydrogen) atoms. The van der Waals surface area contributed by atoms with Crippen molar-refractivity contribution < 1.29 is 9.47 Å². The van der Waals surface area contributed by atoms with Gasteiger partial charge in [0.1, 0.15) is 6.61 Å². The van der Waals surface area contributed by atoms with Crippen molar-refractivity contribution in [2.45, 2.75) is 6.04 Å². The van der Waals surface area contributed by atoms with Crippen molar-refractivity contribution in [3.05, 3.63) is 17.7 Å². The molecule has 1 aromatic rings. The van der Waals surface area contributed by atoms with E-state index in [-0.39, 0.29) is 6.04 Å². The summed E-state index contributed by atoms with van der Waals surface area (Å²) in [5.41, 5.74) is 1.10. The fraction of sp³-hybridized carbons (Fsp3) is 0.444. The Morgan fingerprint density at radius 2 is 2.46 bits per heavy atom. The summed E-state index contributed by atoms with van der Waals surface area (Å²) in [6, 6.07) is 4.08. The van der Waals surface area contributed by atoms with E-state index in [0.717, 1.165) is 5.56 Å². The zero-order valence-electron chi connectivity index (χ0n) is 7.70. The third kappa shape index (κ3) is 1.33. The number of hydrogen-bond donors (Lipinski definition) is 1. The van der Waals surface area contributed by atoms with Gasteiger partial charge in [-0.2, -0.15) is 4.98 Å². The van der Waals surface area contributed by atoms with Crippen LogP contribution in [0.3, 0.4) is 0 Å². The van der Waals surface area contributed by atoms with E-state index in [4.69, 9.17) is 9.47 Å². The number of rotatable bonds is 2. The van der Waals surface area contributed by atoms with E-state index < -0.39 is 0 Å². The first kappa shape index (κ1) is 8.31. The van der Waals surface area contributed by atoms with E-state index in [2.05, 4.69) is 10.3 Å². The number of hydrogen-bond acceptors (Lipinski definition) is 4. The van der Waals surface area contributed by atoms with Crippen LogP contribution in [0, 0.1) is 0 Å². The van der Waals surface area contributed by atoms with E-state index in [1.807, 2.05) is 19.2 Å². The van der Waals surface area contributed by atoms with E-state index in [9.17, 15) is 0 Å². The second-order valence-electron chi connectivity index (χ2n) is 2.90. The Morgan fingerprint density at radius 3 is 3.15 bits per heavy atom. The SMILES string of the molecule is CNC1COc2nc(OC)ccc21. The zero-order valence-corrected chi connectivity index (χ0v) is 7.70. The van der Waals surface area contributed by atoms with Crippen molar-refractivity contribution in [2.75, 3.05) is 20.8 Å². The number of fused-ring (bicyclic) bond motifs is 1. The maximum absolute atomic E-state index is 5.39. The number of aromatic nitrogens is 1. The lowest BCUT2D eigenvalue weighted by Gasteiger charge is -2.05. The number of methoxy groups -OCH3 is 1. The number of likely N-dealkylation sites (N-methyl/N-ethyl adjacent to an activating group) is 1. The molecule has 0 saturated heterocycles. The first-order valence-electron chi connectivity index (χ1n) is 4.20.